The zero-order valence-corrected chi connectivity index (χ0v) is 12.5. The highest BCUT2D eigenvalue weighted by molar-refractivity contribution is 7.07. The molecule has 2 unspecified atom stereocenters. The van der Waals surface area contributed by atoms with E-state index < -0.39 is 0 Å². The van der Waals surface area contributed by atoms with E-state index in [-0.39, 0.29) is 17.9 Å². The van der Waals surface area contributed by atoms with E-state index in [9.17, 15) is 9.59 Å². The molecule has 2 fully saturated rings. The summed E-state index contributed by atoms with van der Waals surface area (Å²) in [6.07, 6.45) is 5.68. The molecule has 0 N–H and O–H groups in total. The van der Waals surface area contributed by atoms with Crippen molar-refractivity contribution in [2.24, 2.45) is 5.92 Å². The second-order valence-electron chi connectivity index (χ2n) is 5.71. The molecule has 1 amide bonds. The maximum atomic E-state index is 12.7. The summed E-state index contributed by atoms with van der Waals surface area (Å²) in [5, 5.41) is 3.92. The molecule has 1 aromatic rings. The van der Waals surface area contributed by atoms with Crippen molar-refractivity contribution in [3.05, 3.63) is 10.6 Å². The highest BCUT2D eigenvalue weighted by Gasteiger charge is 2.39. The van der Waals surface area contributed by atoms with Gasteiger partial charge < -0.3 is 4.90 Å². The number of carbonyl (C=O) groups is 2. The quantitative estimate of drug-likeness (QED) is 0.838. The molecular weight excluding hydrogens is 274 g/mol. The molecule has 2 atom stereocenters. The fourth-order valence-corrected chi connectivity index (χ4v) is 4.05. The molecule has 6 heteroatoms. The number of aryl methyl sites for hydroxylation is 1. The van der Waals surface area contributed by atoms with Crippen molar-refractivity contribution >= 4 is 23.2 Å². The van der Waals surface area contributed by atoms with Gasteiger partial charge in [0.1, 0.15) is 10.7 Å². The first kappa shape index (κ1) is 13.7. The van der Waals surface area contributed by atoms with Gasteiger partial charge >= 0.3 is 0 Å². The van der Waals surface area contributed by atoms with Gasteiger partial charge in [0.15, 0.2) is 0 Å². The van der Waals surface area contributed by atoms with Gasteiger partial charge in [0.2, 0.25) is 0 Å². The Morgan fingerprint density at radius 2 is 2.15 bits per heavy atom. The second kappa shape index (κ2) is 5.60. The number of likely N-dealkylation sites (tertiary alicyclic amines) is 1. The molecule has 0 aromatic carbocycles. The number of hydrogen-bond donors (Lipinski definition) is 0. The maximum absolute atomic E-state index is 12.7. The number of nitrogens with zero attached hydrogens (tertiary/aromatic N) is 3. The van der Waals surface area contributed by atoms with Gasteiger partial charge in [0.05, 0.1) is 5.69 Å². The molecule has 1 aromatic heterocycles. The normalized spacial score (nSPS) is 27.1. The predicted octanol–water partition coefficient (Wildman–Crippen LogP) is 2.21. The van der Waals surface area contributed by atoms with Crippen LogP contribution >= 0.6 is 11.5 Å². The summed E-state index contributed by atoms with van der Waals surface area (Å²) in [7, 11) is 0. The van der Waals surface area contributed by atoms with Gasteiger partial charge in [0.25, 0.3) is 5.91 Å². The van der Waals surface area contributed by atoms with Crippen LogP contribution in [-0.2, 0) is 4.79 Å². The zero-order valence-electron chi connectivity index (χ0n) is 11.7. The van der Waals surface area contributed by atoms with E-state index >= 15 is 0 Å². The van der Waals surface area contributed by atoms with Crippen LogP contribution < -0.4 is 0 Å². The van der Waals surface area contributed by atoms with Crippen molar-refractivity contribution in [1.29, 1.82) is 0 Å². The lowest BCUT2D eigenvalue weighted by atomic mass is 9.88. The van der Waals surface area contributed by atoms with Gasteiger partial charge in [-0.25, -0.2) is 0 Å². The van der Waals surface area contributed by atoms with E-state index in [0.717, 1.165) is 50.2 Å². The van der Waals surface area contributed by atoms with Crippen LogP contribution in [0.5, 0.6) is 0 Å². The predicted molar refractivity (Wildman–Crippen MR) is 75.7 cm³/mol. The van der Waals surface area contributed by atoms with Gasteiger partial charge in [-0.15, -0.1) is 5.10 Å². The highest BCUT2D eigenvalue weighted by Crippen LogP contribution is 2.33. The van der Waals surface area contributed by atoms with Crippen LogP contribution in [0.3, 0.4) is 0 Å². The molecule has 5 nitrogen and oxygen atoms in total. The minimum atomic E-state index is 0.0156. The third kappa shape index (κ3) is 2.37. The molecule has 2 heterocycles. The molecule has 1 saturated heterocycles. The summed E-state index contributed by atoms with van der Waals surface area (Å²) in [5.74, 6) is 0.413. The lowest BCUT2D eigenvalue weighted by Crippen LogP contribution is -2.48. The van der Waals surface area contributed by atoms with Crippen LogP contribution in [0.25, 0.3) is 0 Å². The third-order valence-corrected chi connectivity index (χ3v) is 5.29. The molecule has 1 saturated carbocycles. The molecule has 1 aliphatic carbocycles. The first-order valence-corrected chi connectivity index (χ1v) is 8.08. The molecule has 20 heavy (non-hydrogen) atoms. The summed E-state index contributed by atoms with van der Waals surface area (Å²) in [6, 6.07) is 0.0905. The van der Waals surface area contributed by atoms with Crippen LogP contribution in [0.4, 0.5) is 0 Å². The van der Waals surface area contributed by atoms with E-state index in [1.807, 2.05) is 11.8 Å². The molecule has 108 valence electrons. The smallest absolute Gasteiger partial charge is 0.267 e. The molecule has 1 aliphatic heterocycles. The van der Waals surface area contributed by atoms with Crippen molar-refractivity contribution in [3.63, 3.8) is 0 Å². The summed E-state index contributed by atoms with van der Waals surface area (Å²) in [6.45, 7) is 2.57. The Balaban J connectivity index is 1.84. The van der Waals surface area contributed by atoms with E-state index in [2.05, 4.69) is 9.59 Å². The Labute approximate surface area is 122 Å². The van der Waals surface area contributed by atoms with Gasteiger partial charge in [-0.1, -0.05) is 4.49 Å². The number of amides is 1. The number of ketones is 1. The molecule has 0 radical (unpaired) electrons. The van der Waals surface area contributed by atoms with Crippen LogP contribution in [0.2, 0.25) is 0 Å². The Morgan fingerprint density at radius 1 is 1.30 bits per heavy atom. The van der Waals surface area contributed by atoms with Crippen molar-refractivity contribution < 1.29 is 9.59 Å². The molecular formula is C14H19N3O2S. The van der Waals surface area contributed by atoms with Crippen molar-refractivity contribution in [2.75, 3.05) is 6.54 Å². The SMILES string of the molecule is Cc1nnsc1C(=O)N1CCCCC1C1CCCC1=O. The fourth-order valence-electron chi connectivity index (χ4n) is 3.44. The molecule has 3 rings (SSSR count). The average Bonchev–Trinajstić information content (AvgIpc) is 3.06. The second-order valence-corrected chi connectivity index (χ2v) is 6.47. The Hall–Kier alpha value is -1.30. The third-order valence-electron chi connectivity index (χ3n) is 4.47. The molecule has 2 aliphatic rings. The number of rotatable bonds is 2. The topological polar surface area (TPSA) is 63.2 Å². The summed E-state index contributed by atoms with van der Waals surface area (Å²) in [5.41, 5.74) is 0.696. The lowest BCUT2D eigenvalue weighted by Gasteiger charge is -2.38. The van der Waals surface area contributed by atoms with E-state index in [1.54, 1.807) is 0 Å². The number of hydrogen-bond acceptors (Lipinski definition) is 5. The molecule has 0 spiro atoms. The van der Waals surface area contributed by atoms with Crippen LogP contribution in [0.15, 0.2) is 0 Å². The lowest BCUT2D eigenvalue weighted by molar-refractivity contribution is -0.122. The fraction of sp³-hybridized carbons (Fsp3) is 0.714. The minimum Gasteiger partial charge on any atom is -0.334 e. The van der Waals surface area contributed by atoms with Gasteiger partial charge in [-0.05, 0) is 50.6 Å². The Bertz CT molecular complexity index is 528. The van der Waals surface area contributed by atoms with Crippen molar-refractivity contribution in [2.45, 2.75) is 51.5 Å². The maximum Gasteiger partial charge on any atom is 0.267 e. The van der Waals surface area contributed by atoms with Crippen molar-refractivity contribution in [1.82, 2.24) is 14.5 Å². The Morgan fingerprint density at radius 3 is 2.80 bits per heavy atom. The van der Waals surface area contributed by atoms with Gasteiger partial charge in [-0.3, -0.25) is 9.59 Å². The van der Waals surface area contributed by atoms with E-state index in [4.69, 9.17) is 0 Å². The molecule has 0 bridgehead atoms. The van der Waals surface area contributed by atoms with Crippen LogP contribution in [0.1, 0.15) is 53.9 Å². The Kier molecular flexibility index (Phi) is 3.83. The minimum absolute atomic E-state index is 0.0156. The van der Waals surface area contributed by atoms with Crippen molar-refractivity contribution in [3.8, 4) is 0 Å². The van der Waals surface area contributed by atoms with Gasteiger partial charge in [0, 0.05) is 24.9 Å². The number of carbonyl (C=O) groups excluding carboxylic acids is 2. The summed E-state index contributed by atoms with van der Waals surface area (Å²) < 4.78 is 3.85. The van der Waals surface area contributed by atoms with Crippen LogP contribution in [0, 0.1) is 12.8 Å². The number of aromatic nitrogens is 2. The monoisotopic (exact) mass is 293 g/mol. The first-order valence-electron chi connectivity index (χ1n) is 7.31. The van der Waals surface area contributed by atoms with E-state index in [0.29, 0.717) is 22.8 Å². The first-order chi connectivity index (χ1) is 9.68. The van der Waals surface area contributed by atoms with Gasteiger partial charge in [-0.2, -0.15) is 0 Å². The number of Topliss-reactive ketones (excluding diaryl/α,β-unsaturated/α-hetero) is 1. The van der Waals surface area contributed by atoms with E-state index in [1.165, 1.54) is 0 Å². The van der Waals surface area contributed by atoms with Crippen LogP contribution in [-0.4, -0.2) is 38.8 Å². The average molecular weight is 293 g/mol. The summed E-state index contributed by atoms with van der Waals surface area (Å²) in [4.78, 5) is 27.3. The number of piperidine rings is 1. The highest BCUT2D eigenvalue weighted by atomic mass is 32.1. The standard InChI is InChI=1S/C14H19N3O2S/c1-9-13(20-16-15-9)14(19)17-8-3-2-6-11(17)10-5-4-7-12(10)18/h10-11H,2-8H2,1H3. The summed E-state index contributed by atoms with van der Waals surface area (Å²) >= 11 is 1.16. The largest absolute Gasteiger partial charge is 0.334 e. The zero-order chi connectivity index (χ0) is 14.1.